The molecule has 2 fully saturated rings. The summed E-state index contributed by atoms with van der Waals surface area (Å²) in [5.74, 6) is -0.675. The van der Waals surface area contributed by atoms with Gasteiger partial charge in [-0.3, -0.25) is 0 Å². The van der Waals surface area contributed by atoms with Crippen molar-refractivity contribution in [2.75, 3.05) is 26.4 Å². The molecule has 0 aliphatic carbocycles. The van der Waals surface area contributed by atoms with Crippen LogP contribution >= 0.6 is 0 Å². The lowest BCUT2D eigenvalue weighted by Crippen LogP contribution is -2.36. The fourth-order valence-electron chi connectivity index (χ4n) is 5.62. The number of carbonyl (C=O) groups is 3. The fraction of sp³-hybridized carbons (Fsp3) is 0.395. The maximum atomic E-state index is 13.0. The first-order chi connectivity index (χ1) is 23.3. The third-order valence-electron chi connectivity index (χ3n) is 8.36. The lowest BCUT2D eigenvalue weighted by atomic mass is 10.0. The van der Waals surface area contributed by atoms with Crippen molar-refractivity contribution < 1.29 is 47.9 Å². The SMILES string of the molecule is C=CC(=O)OCC(O)CCCCCCOc1ccc(-c2ccc(C(=O)O[C@@H]3CO[C@H]4[C@@H]3OC[C@@H]4OC(=O)c3ccc(C)cc3)cc2)cc1. The Balaban J connectivity index is 1.01. The summed E-state index contributed by atoms with van der Waals surface area (Å²) in [5, 5.41) is 9.85. The highest BCUT2D eigenvalue weighted by molar-refractivity contribution is 5.90. The van der Waals surface area contributed by atoms with Gasteiger partial charge in [0.25, 0.3) is 0 Å². The Morgan fingerprint density at radius 1 is 0.792 bits per heavy atom. The maximum absolute atomic E-state index is 13.0. The van der Waals surface area contributed by atoms with Crippen LogP contribution in [-0.4, -0.2) is 80.0 Å². The van der Waals surface area contributed by atoms with E-state index in [2.05, 4.69) is 6.58 Å². The van der Waals surface area contributed by atoms with Crippen LogP contribution in [0.25, 0.3) is 11.1 Å². The Hall–Kier alpha value is -4.51. The van der Waals surface area contributed by atoms with Gasteiger partial charge in [-0.25, -0.2) is 14.4 Å². The second-order valence-corrected chi connectivity index (χ2v) is 12.0. The molecule has 1 N–H and O–H groups in total. The molecule has 0 saturated carbocycles. The molecule has 2 aliphatic rings. The Labute approximate surface area is 280 Å². The van der Waals surface area contributed by atoms with Gasteiger partial charge in [0.1, 0.15) is 24.6 Å². The minimum atomic E-state index is -0.657. The number of aryl methyl sites for hydroxylation is 1. The molecule has 10 nitrogen and oxygen atoms in total. The van der Waals surface area contributed by atoms with Crippen molar-refractivity contribution in [1.29, 1.82) is 0 Å². The average Bonchev–Trinajstić information content (AvgIpc) is 3.70. The number of esters is 3. The Bertz CT molecular complexity index is 1520. The van der Waals surface area contributed by atoms with E-state index in [-0.39, 0.29) is 19.8 Å². The highest BCUT2D eigenvalue weighted by Crippen LogP contribution is 2.32. The van der Waals surface area contributed by atoms with Gasteiger partial charge in [-0.1, -0.05) is 67.8 Å². The third kappa shape index (κ3) is 9.53. The average molecular weight is 659 g/mol. The molecule has 0 bridgehead atoms. The van der Waals surface area contributed by atoms with Crippen LogP contribution in [0, 0.1) is 6.92 Å². The van der Waals surface area contributed by atoms with Crippen molar-refractivity contribution in [3.05, 3.63) is 102 Å². The smallest absolute Gasteiger partial charge is 0.338 e. The minimum absolute atomic E-state index is 0.00781. The molecule has 2 heterocycles. The van der Waals surface area contributed by atoms with Crippen molar-refractivity contribution in [2.45, 2.75) is 69.5 Å². The Kier molecular flexibility index (Phi) is 12.4. The quantitative estimate of drug-likeness (QED) is 0.0896. The molecule has 2 aliphatic heterocycles. The number of ether oxygens (including phenoxy) is 6. The monoisotopic (exact) mass is 658 g/mol. The Morgan fingerprint density at radius 3 is 1.88 bits per heavy atom. The van der Waals surface area contributed by atoms with Gasteiger partial charge in [-0.15, -0.1) is 0 Å². The number of hydrogen-bond acceptors (Lipinski definition) is 10. The van der Waals surface area contributed by atoms with Crippen LogP contribution in [0.5, 0.6) is 5.75 Å². The van der Waals surface area contributed by atoms with Crippen molar-refractivity contribution in [1.82, 2.24) is 0 Å². The van der Waals surface area contributed by atoms with E-state index in [1.165, 1.54) is 0 Å². The number of rotatable bonds is 16. The summed E-state index contributed by atoms with van der Waals surface area (Å²) in [7, 11) is 0. The van der Waals surface area contributed by atoms with Crippen LogP contribution in [-0.2, 0) is 28.5 Å². The van der Waals surface area contributed by atoms with Crippen LogP contribution in [0.15, 0.2) is 85.5 Å². The summed E-state index contributed by atoms with van der Waals surface area (Å²) < 4.78 is 33.8. The molecular formula is C38H42O10. The second-order valence-electron chi connectivity index (χ2n) is 12.0. The maximum Gasteiger partial charge on any atom is 0.338 e. The summed E-state index contributed by atoms with van der Waals surface area (Å²) in [6.45, 7) is 6.19. The van der Waals surface area contributed by atoms with E-state index < -0.39 is 48.4 Å². The lowest BCUT2D eigenvalue weighted by Gasteiger charge is -2.17. The number of aliphatic hydroxyl groups excluding tert-OH is 1. The lowest BCUT2D eigenvalue weighted by molar-refractivity contribution is -0.140. The summed E-state index contributed by atoms with van der Waals surface area (Å²) in [5.41, 5.74) is 3.85. The van der Waals surface area contributed by atoms with Crippen molar-refractivity contribution >= 4 is 17.9 Å². The summed E-state index contributed by atoms with van der Waals surface area (Å²) in [4.78, 5) is 36.6. The molecule has 3 aromatic carbocycles. The number of unbranched alkanes of at least 4 members (excludes halogenated alkanes) is 3. The van der Waals surface area contributed by atoms with E-state index in [0.29, 0.717) is 24.2 Å². The van der Waals surface area contributed by atoms with Crippen molar-refractivity contribution in [2.24, 2.45) is 0 Å². The van der Waals surface area contributed by atoms with E-state index in [1.807, 2.05) is 55.5 Å². The molecular weight excluding hydrogens is 616 g/mol. The molecule has 48 heavy (non-hydrogen) atoms. The normalized spacial score (nSPS) is 20.4. The number of carbonyl (C=O) groups excluding carboxylic acids is 3. The second kappa shape index (κ2) is 17.1. The predicted molar refractivity (Wildman–Crippen MR) is 177 cm³/mol. The van der Waals surface area contributed by atoms with E-state index in [1.54, 1.807) is 24.3 Å². The van der Waals surface area contributed by atoms with E-state index >= 15 is 0 Å². The first kappa shape index (κ1) is 34.8. The standard InChI is InChI=1S/C38H42O10/c1-3-34(40)44-22-30(39)8-6-4-5-7-21-43-31-19-17-27(18-20-31)26-13-15-29(16-14-26)38(42)48-33-24-46-35-32(23-45-36(33)35)47-37(41)28-11-9-25(2)10-12-28/h3,9-20,30,32-33,35-36,39H,1,4-8,21-24H2,2H3/t30?,32-,33+,35+,36+/m0/s1. The van der Waals surface area contributed by atoms with E-state index in [9.17, 15) is 19.5 Å². The van der Waals surface area contributed by atoms with Crippen LogP contribution in [0.3, 0.4) is 0 Å². The van der Waals surface area contributed by atoms with Crippen molar-refractivity contribution in [3.8, 4) is 16.9 Å². The zero-order chi connectivity index (χ0) is 33.9. The molecule has 2 saturated heterocycles. The zero-order valence-corrected chi connectivity index (χ0v) is 27.1. The van der Waals surface area contributed by atoms with Crippen LogP contribution < -0.4 is 4.74 Å². The number of hydrogen-bond donors (Lipinski definition) is 1. The van der Waals surface area contributed by atoms with Gasteiger partial charge >= 0.3 is 17.9 Å². The molecule has 10 heteroatoms. The highest BCUT2D eigenvalue weighted by Gasteiger charge is 2.51. The number of benzene rings is 3. The Morgan fingerprint density at radius 2 is 1.31 bits per heavy atom. The predicted octanol–water partition coefficient (Wildman–Crippen LogP) is 5.63. The summed E-state index contributed by atoms with van der Waals surface area (Å²) >= 11 is 0. The van der Waals surface area contributed by atoms with Crippen molar-refractivity contribution in [3.63, 3.8) is 0 Å². The van der Waals surface area contributed by atoms with Gasteiger partial charge in [0.2, 0.25) is 0 Å². The first-order valence-electron chi connectivity index (χ1n) is 16.3. The first-order valence-corrected chi connectivity index (χ1v) is 16.3. The van der Waals surface area contributed by atoms with E-state index in [4.69, 9.17) is 28.4 Å². The molecule has 0 spiro atoms. The van der Waals surface area contributed by atoms with Gasteiger partial charge in [0, 0.05) is 6.08 Å². The topological polar surface area (TPSA) is 127 Å². The molecule has 0 aromatic heterocycles. The molecule has 5 rings (SSSR count). The largest absolute Gasteiger partial charge is 0.494 e. The number of aliphatic hydroxyl groups is 1. The molecule has 0 radical (unpaired) electrons. The molecule has 3 aromatic rings. The van der Waals surface area contributed by atoms with Crippen LogP contribution in [0.4, 0.5) is 0 Å². The van der Waals surface area contributed by atoms with E-state index in [0.717, 1.165) is 54.2 Å². The summed E-state index contributed by atoms with van der Waals surface area (Å²) in [6.07, 6.45) is 2.47. The molecule has 254 valence electrons. The third-order valence-corrected chi connectivity index (χ3v) is 8.36. The molecule has 5 atom stereocenters. The van der Waals surface area contributed by atoms with Crippen LogP contribution in [0.2, 0.25) is 0 Å². The summed E-state index contributed by atoms with van der Waals surface area (Å²) in [6, 6.07) is 22.1. The van der Waals surface area contributed by atoms with Gasteiger partial charge < -0.3 is 33.5 Å². The van der Waals surface area contributed by atoms with Gasteiger partial charge in [-0.2, -0.15) is 0 Å². The zero-order valence-electron chi connectivity index (χ0n) is 27.1. The molecule has 0 amide bonds. The minimum Gasteiger partial charge on any atom is -0.494 e. The van der Waals surface area contributed by atoms with Crippen LogP contribution in [0.1, 0.15) is 58.4 Å². The van der Waals surface area contributed by atoms with Gasteiger partial charge in [0.05, 0.1) is 37.1 Å². The molecule has 1 unspecified atom stereocenters. The van der Waals surface area contributed by atoms with Gasteiger partial charge in [-0.05, 0) is 67.3 Å². The van der Waals surface area contributed by atoms with Gasteiger partial charge in [0.15, 0.2) is 12.2 Å². The fourth-order valence-corrected chi connectivity index (χ4v) is 5.62. The number of fused-ring (bicyclic) bond motifs is 1. The highest BCUT2D eigenvalue weighted by atomic mass is 16.7.